The van der Waals surface area contributed by atoms with Crippen LogP contribution in [0, 0.1) is 0 Å². The number of hydrogen-bond donors (Lipinski definition) is 1. The maximum absolute atomic E-state index is 5.09. The van der Waals surface area contributed by atoms with E-state index in [0.29, 0.717) is 0 Å². The van der Waals surface area contributed by atoms with Gasteiger partial charge < -0.3 is 0 Å². The first kappa shape index (κ1) is 9.96. The fourth-order valence-corrected chi connectivity index (χ4v) is 1.04. The fourth-order valence-electron chi connectivity index (χ4n) is 1.04. The van der Waals surface area contributed by atoms with Crippen molar-refractivity contribution in [2.24, 2.45) is 5.90 Å². The third kappa shape index (κ3) is 3.01. The predicted octanol–water partition coefficient (Wildman–Crippen LogP) is 2.37. The number of hydrogen-bond acceptors (Lipinski definition) is 2. The first-order valence-electron chi connectivity index (χ1n) is 4.33. The van der Waals surface area contributed by atoms with E-state index in [9.17, 15) is 0 Å². The van der Waals surface area contributed by atoms with E-state index < -0.39 is 0 Å². The Morgan fingerprint density at radius 3 is 2.54 bits per heavy atom. The molecule has 0 amide bonds. The predicted molar refractivity (Wildman–Crippen MR) is 54.8 cm³/mol. The highest BCUT2D eigenvalue weighted by Gasteiger charge is 2.01. The van der Waals surface area contributed by atoms with Crippen LogP contribution < -0.4 is 5.90 Å². The van der Waals surface area contributed by atoms with Gasteiger partial charge in [-0.1, -0.05) is 36.4 Å². The van der Waals surface area contributed by atoms with Crippen LogP contribution in [0.3, 0.4) is 0 Å². The second-order valence-electron chi connectivity index (χ2n) is 3.08. The summed E-state index contributed by atoms with van der Waals surface area (Å²) in [6.45, 7) is 3.93. The maximum Gasteiger partial charge on any atom is 0.0969 e. The van der Waals surface area contributed by atoms with Gasteiger partial charge in [-0.05, 0) is 25.0 Å². The van der Waals surface area contributed by atoms with Crippen LogP contribution >= 0.6 is 0 Å². The molecule has 0 bridgehead atoms. The van der Waals surface area contributed by atoms with Crippen molar-refractivity contribution in [3.05, 3.63) is 41.5 Å². The van der Waals surface area contributed by atoms with Gasteiger partial charge in [0.05, 0.1) is 6.10 Å². The molecular weight excluding hydrogens is 162 g/mol. The maximum atomic E-state index is 5.09. The van der Waals surface area contributed by atoms with E-state index in [-0.39, 0.29) is 6.10 Å². The van der Waals surface area contributed by atoms with Gasteiger partial charge in [-0.2, -0.15) is 0 Å². The summed E-state index contributed by atoms with van der Waals surface area (Å²) in [4.78, 5) is 4.72. The van der Waals surface area contributed by atoms with Gasteiger partial charge >= 0.3 is 0 Å². The Hall–Kier alpha value is -1.12. The Kier molecular flexibility index (Phi) is 3.68. The fraction of sp³-hybridized carbons (Fsp3) is 0.273. The lowest BCUT2D eigenvalue weighted by molar-refractivity contribution is 0.0922. The van der Waals surface area contributed by atoms with Crippen molar-refractivity contribution in [2.45, 2.75) is 20.0 Å². The molecule has 1 unspecified atom stereocenters. The molecule has 2 nitrogen and oxygen atoms in total. The lowest BCUT2D eigenvalue weighted by Gasteiger charge is -2.08. The largest absolute Gasteiger partial charge is 0.297 e. The van der Waals surface area contributed by atoms with Crippen molar-refractivity contribution in [1.29, 1.82) is 0 Å². The van der Waals surface area contributed by atoms with Crippen LogP contribution in [-0.2, 0) is 4.84 Å². The van der Waals surface area contributed by atoms with E-state index >= 15 is 0 Å². The van der Waals surface area contributed by atoms with Gasteiger partial charge in [-0.3, -0.25) is 4.84 Å². The minimum absolute atomic E-state index is 0.0276. The summed E-state index contributed by atoms with van der Waals surface area (Å²) in [5, 5.41) is 0. The van der Waals surface area contributed by atoms with Crippen molar-refractivity contribution in [3.63, 3.8) is 0 Å². The van der Waals surface area contributed by atoms with Crippen LogP contribution in [0.4, 0.5) is 0 Å². The Balaban J connectivity index is 2.77. The van der Waals surface area contributed by atoms with Gasteiger partial charge in [0, 0.05) is 0 Å². The molecule has 0 saturated carbocycles. The molecule has 0 aliphatic carbocycles. The van der Waals surface area contributed by atoms with E-state index in [0.717, 1.165) is 5.57 Å². The second-order valence-corrected chi connectivity index (χ2v) is 3.08. The SMILES string of the molecule is C/C(=C\c1ccccc1)C(C)ON. The number of nitrogens with two attached hydrogens (primary N) is 1. The molecule has 0 aliphatic heterocycles. The molecule has 0 heterocycles. The molecule has 1 rings (SSSR count). The molecule has 13 heavy (non-hydrogen) atoms. The molecule has 0 saturated heterocycles. The highest BCUT2D eigenvalue weighted by molar-refractivity contribution is 5.52. The average molecular weight is 177 g/mol. The Labute approximate surface area is 79.0 Å². The molecule has 0 fully saturated rings. The van der Waals surface area contributed by atoms with Crippen LogP contribution in [0.15, 0.2) is 35.9 Å². The molecule has 1 aromatic carbocycles. The zero-order valence-corrected chi connectivity index (χ0v) is 8.03. The summed E-state index contributed by atoms with van der Waals surface area (Å²) in [5.74, 6) is 5.09. The summed E-state index contributed by atoms with van der Waals surface area (Å²) in [6.07, 6.45) is 2.04. The summed E-state index contributed by atoms with van der Waals surface area (Å²) >= 11 is 0. The Morgan fingerprint density at radius 2 is 2.00 bits per heavy atom. The lowest BCUT2D eigenvalue weighted by Crippen LogP contribution is -2.13. The molecule has 0 aromatic heterocycles. The summed E-state index contributed by atoms with van der Waals surface area (Å²) in [7, 11) is 0. The van der Waals surface area contributed by atoms with E-state index in [1.165, 1.54) is 5.56 Å². The van der Waals surface area contributed by atoms with Crippen molar-refractivity contribution in [1.82, 2.24) is 0 Å². The van der Waals surface area contributed by atoms with Crippen LogP contribution in [-0.4, -0.2) is 6.10 Å². The van der Waals surface area contributed by atoms with Crippen LogP contribution in [0.1, 0.15) is 19.4 Å². The topological polar surface area (TPSA) is 35.2 Å². The lowest BCUT2D eigenvalue weighted by atomic mass is 10.1. The molecule has 1 aromatic rings. The molecule has 0 radical (unpaired) electrons. The van der Waals surface area contributed by atoms with Gasteiger partial charge in [-0.25, -0.2) is 5.90 Å². The monoisotopic (exact) mass is 177 g/mol. The van der Waals surface area contributed by atoms with E-state index in [4.69, 9.17) is 10.7 Å². The minimum Gasteiger partial charge on any atom is -0.297 e. The Morgan fingerprint density at radius 1 is 1.38 bits per heavy atom. The van der Waals surface area contributed by atoms with Crippen LogP contribution in [0.2, 0.25) is 0 Å². The van der Waals surface area contributed by atoms with Crippen molar-refractivity contribution >= 4 is 6.08 Å². The van der Waals surface area contributed by atoms with E-state index in [1.807, 2.05) is 44.2 Å². The molecule has 2 N–H and O–H groups in total. The Bertz CT molecular complexity index is 279. The molecule has 70 valence electrons. The smallest absolute Gasteiger partial charge is 0.0969 e. The molecular formula is C11H15NO. The third-order valence-corrected chi connectivity index (χ3v) is 2.04. The summed E-state index contributed by atoms with van der Waals surface area (Å²) in [6, 6.07) is 10.1. The standard InChI is InChI=1S/C11H15NO/c1-9(10(2)13-12)8-11-6-4-3-5-7-11/h3-8,10H,12H2,1-2H3/b9-8+. The molecule has 2 heteroatoms. The second kappa shape index (κ2) is 4.80. The van der Waals surface area contributed by atoms with Gasteiger partial charge in [0.1, 0.15) is 0 Å². The molecule has 1 atom stereocenters. The van der Waals surface area contributed by atoms with Gasteiger partial charge in [0.2, 0.25) is 0 Å². The van der Waals surface area contributed by atoms with Gasteiger partial charge in [-0.15, -0.1) is 0 Å². The van der Waals surface area contributed by atoms with E-state index in [1.54, 1.807) is 0 Å². The highest BCUT2D eigenvalue weighted by atomic mass is 16.6. The first-order chi connectivity index (χ1) is 6.24. The third-order valence-electron chi connectivity index (χ3n) is 2.04. The van der Waals surface area contributed by atoms with Crippen LogP contribution in [0.5, 0.6) is 0 Å². The quantitative estimate of drug-likeness (QED) is 0.719. The molecule has 0 spiro atoms. The average Bonchev–Trinajstić information content (AvgIpc) is 2.18. The van der Waals surface area contributed by atoms with E-state index in [2.05, 4.69) is 6.08 Å². The first-order valence-corrected chi connectivity index (χ1v) is 4.33. The number of benzene rings is 1. The minimum atomic E-state index is -0.0276. The zero-order chi connectivity index (χ0) is 9.68. The highest BCUT2D eigenvalue weighted by Crippen LogP contribution is 2.10. The number of rotatable bonds is 3. The summed E-state index contributed by atoms with van der Waals surface area (Å²) < 4.78 is 0. The normalized spacial score (nSPS) is 14.2. The van der Waals surface area contributed by atoms with Crippen molar-refractivity contribution in [3.8, 4) is 0 Å². The summed E-state index contributed by atoms with van der Waals surface area (Å²) in [5.41, 5.74) is 2.29. The van der Waals surface area contributed by atoms with Crippen molar-refractivity contribution in [2.75, 3.05) is 0 Å². The van der Waals surface area contributed by atoms with Gasteiger partial charge in [0.25, 0.3) is 0 Å². The zero-order valence-electron chi connectivity index (χ0n) is 8.03. The van der Waals surface area contributed by atoms with Gasteiger partial charge in [0.15, 0.2) is 0 Å². The molecule has 0 aliphatic rings. The van der Waals surface area contributed by atoms with Crippen LogP contribution in [0.25, 0.3) is 6.08 Å². The van der Waals surface area contributed by atoms with Crippen molar-refractivity contribution < 1.29 is 4.84 Å².